The molecule has 0 saturated carbocycles. The summed E-state index contributed by atoms with van der Waals surface area (Å²) in [5.74, 6) is 1.01. The van der Waals surface area contributed by atoms with Crippen molar-refractivity contribution < 1.29 is 19.1 Å². The van der Waals surface area contributed by atoms with Gasteiger partial charge in [-0.3, -0.25) is 9.59 Å². The topological polar surface area (TPSA) is 78.4 Å². The van der Waals surface area contributed by atoms with Gasteiger partial charge in [-0.05, 0) is 54.6 Å². The van der Waals surface area contributed by atoms with Gasteiger partial charge >= 0.3 is 11.9 Å². The molecule has 0 aliphatic rings. The van der Waals surface area contributed by atoms with E-state index in [0.717, 1.165) is 28.1 Å². The SMILES string of the molecule is CCC(=O)Oc1ccc(-c2cc(-c3ccc(OC(=O)CC)cc3)nc(-c3ccccc3)n2)cc1. The van der Waals surface area contributed by atoms with Crippen LogP contribution in [0.25, 0.3) is 33.9 Å². The predicted molar refractivity (Wildman–Crippen MR) is 130 cm³/mol. The van der Waals surface area contributed by atoms with Crippen molar-refractivity contribution in [1.29, 1.82) is 0 Å². The Kier molecular flexibility index (Phi) is 7.08. The van der Waals surface area contributed by atoms with Crippen LogP contribution in [0.15, 0.2) is 84.9 Å². The number of benzene rings is 3. The molecule has 0 fully saturated rings. The van der Waals surface area contributed by atoms with Gasteiger partial charge in [0.15, 0.2) is 5.82 Å². The molecule has 0 spiro atoms. The van der Waals surface area contributed by atoms with Crippen molar-refractivity contribution in [2.45, 2.75) is 26.7 Å². The molecule has 170 valence electrons. The summed E-state index contributed by atoms with van der Waals surface area (Å²) in [6.07, 6.45) is 0.627. The number of hydrogen-bond acceptors (Lipinski definition) is 6. The van der Waals surface area contributed by atoms with E-state index >= 15 is 0 Å². The van der Waals surface area contributed by atoms with Crippen molar-refractivity contribution in [3.05, 3.63) is 84.9 Å². The van der Waals surface area contributed by atoms with Crippen LogP contribution >= 0.6 is 0 Å². The highest BCUT2D eigenvalue weighted by atomic mass is 16.5. The first-order valence-electron chi connectivity index (χ1n) is 11.1. The summed E-state index contributed by atoms with van der Waals surface area (Å²) < 4.78 is 10.6. The molecule has 0 radical (unpaired) electrons. The number of hydrogen-bond donors (Lipinski definition) is 0. The predicted octanol–water partition coefficient (Wildman–Crippen LogP) is 6.11. The minimum Gasteiger partial charge on any atom is -0.427 e. The molecule has 0 saturated heterocycles. The molecule has 1 heterocycles. The summed E-state index contributed by atoms with van der Waals surface area (Å²) >= 11 is 0. The molecular weight excluding hydrogens is 428 g/mol. The van der Waals surface area contributed by atoms with Crippen LogP contribution < -0.4 is 9.47 Å². The van der Waals surface area contributed by atoms with Gasteiger partial charge in [0.25, 0.3) is 0 Å². The number of ether oxygens (including phenoxy) is 2. The van der Waals surface area contributed by atoms with Crippen molar-refractivity contribution in [1.82, 2.24) is 9.97 Å². The summed E-state index contributed by atoms with van der Waals surface area (Å²) in [5.41, 5.74) is 4.10. The number of rotatable bonds is 7. The zero-order chi connectivity index (χ0) is 23.9. The average Bonchev–Trinajstić information content (AvgIpc) is 2.89. The molecule has 3 aromatic carbocycles. The van der Waals surface area contributed by atoms with E-state index in [1.165, 1.54) is 0 Å². The lowest BCUT2D eigenvalue weighted by atomic mass is 10.1. The first kappa shape index (κ1) is 22.9. The minimum atomic E-state index is -0.281. The number of esters is 2. The molecule has 1 aromatic heterocycles. The zero-order valence-electron chi connectivity index (χ0n) is 19.0. The Morgan fingerprint density at radius 1 is 0.618 bits per heavy atom. The van der Waals surface area contributed by atoms with Crippen molar-refractivity contribution in [2.24, 2.45) is 0 Å². The molecule has 6 heteroatoms. The summed E-state index contributed by atoms with van der Waals surface area (Å²) in [6.45, 7) is 3.51. The standard InChI is InChI=1S/C28H24N2O4/c1-3-26(31)33-22-14-10-19(11-15-22)24-18-25(30-28(29-24)21-8-6-5-7-9-21)20-12-16-23(17-13-20)34-27(32)4-2/h5-18H,3-4H2,1-2H3. The highest BCUT2D eigenvalue weighted by molar-refractivity contribution is 5.75. The maximum atomic E-state index is 11.6. The van der Waals surface area contributed by atoms with Gasteiger partial charge in [-0.2, -0.15) is 0 Å². The first-order valence-corrected chi connectivity index (χ1v) is 11.1. The number of aromatic nitrogens is 2. The van der Waals surface area contributed by atoms with Crippen LogP contribution in [-0.4, -0.2) is 21.9 Å². The Morgan fingerprint density at radius 3 is 1.47 bits per heavy atom. The quantitative estimate of drug-likeness (QED) is 0.249. The van der Waals surface area contributed by atoms with Crippen molar-refractivity contribution in [3.8, 4) is 45.4 Å². The molecule has 0 bridgehead atoms. The molecule has 34 heavy (non-hydrogen) atoms. The maximum absolute atomic E-state index is 11.6. The lowest BCUT2D eigenvalue weighted by molar-refractivity contribution is -0.134. The van der Waals surface area contributed by atoms with Gasteiger partial charge in [0.2, 0.25) is 0 Å². The largest absolute Gasteiger partial charge is 0.427 e. The van der Waals surface area contributed by atoms with E-state index in [2.05, 4.69) is 0 Å². The molecule has 0 unspecified atom stereocenters. The monoisotopic (exact) mass is 452 g/mol. The molecule has 6 nitrogen and oxygen atoms in total. The lowest BCUT2D eigenvalue weighted by Crippen LogP contribution is -2.05. The number of nitrogens with zero attached hydrogens (tertiary/aromatic N) is 2. The van der Waals surface area contributed by atoms with Crippen molar-refractivity contribution >= 4 is 11.9 Å². The maximum Gasteiger partial charge on any atom is 0.310 e. The number of carbonyl (C=O) groups is 2. The first-order chi connectivity index (χ1) is 16.6. The third kappa shape index (κ3) is 5.53. The van der Waals surface area contributed by atoms with E-state index in [1.54, 1.807) is 38.1 Å². The van der Waals surface area contributed by atoms with Crippen LogP contribution in [0.1, 0.15) is 26.7 Å². The van der Waals surface area contributed by atoms with E-state index in [0.29, 0.717) is 30.2 Å². The van der Waals surface area contributed by atoms with E-state index in [9.17, 15) is 9.59 Å². The van der Waals surface area contributed by atoms with Gasteiger partial charge in [-0.25, -0.2) is 9.97 Å². The summed E-state index contributed by atoms with van der Waals surface area (Å²) in [7, 11) is 0. The number of carbonyl (C=O) groups excluding carboxylic acids is 2. The highest BCUT2D eigenvalue weighted by Gasteiger charge is 2.12. The fourth-order valence-corrected chi connectivity index (χ4v) is 3.25. The molecule has 0 aliphatic heterocycles. The summed E-state index contributed by atoms with van der Waals surface area (Å²) in [4.78, 5) is 32.7. The van der Waals surface area contributed by atoms with Crippen LogP contribution in [0.4, 0.5) is 0 Å². The van der Waals surface area contributed by atoms with Crippen molar-refractivity contribution in [2.75, 3.05) is 0 Å². The van der Waals surface area contributed by atoms with E-state index in [4.69, 9.17) is 19.4 Å². The smallest absolute Gasteiger partial charge is 0.310 e. The van der Waals surface area contributed by atoms with Gasteiger partial charge in [0, 0.05) is 29.5 Å². The average molecular weight is 453 g/mol. The Bertz CT molecular complexity index is 1200. The highest BCUT2D eigenvalue weighted by Crippen LogP contribution is 2.29. The third-order valence-corrected chi connectivity index (χ3v) is 5.10. The Labute approximate surface area is 198 Å². The van der Waals surface area contributed by atoms with Gasteiger partial charge in [0.05, 0.1) is 11.4 Å². The summed E-state index contributed by atoms with van der Waals surface area (Å²) in [5, 5.41) is 0. The second-order valence-electron chi connectivity index (χ2n) is 7.53. The normalized spacial score (nSPS) is 10.5. The molecule has 0 atom stereocenters. The molecule has 0 N–H and O–H groups in total. The Hall–Kier alpha value is -4.32. The fourth-order valence-electron chi connectivity index (χ4n) is 3.25. The lowest BCUT2D eigenvalue weighted by Gasteiger charge is -2.10. The second kappa shape index (κ2) is 10.5. The van der Waals surface area contributed by atoms with Gasteiger partial charge < -0.3 is 9.47 Å². The van der Waals surface area contributed by atoms with Crippen molar-refractivity contribution in [3.63, 3.8) is 0 Å². The molecule has 4 rings (SSSR count). The second-order valence-corrected chi connectivity index (χ2v) is 7.53. The van der Waals surface area contributed by atoms with Crippen LogP contribution in [0.3, 0.4) is 0 Å². The van der Waals surface area contributed by atoms with Crippen LogP contribution in [0.5, 0.6) is 11.5 Å². The van der Waals surface area contributed by atoms with E-state index < -0.39 is 0 Å². The van der Waals surface area contributed by atoms with E-state index in [1.807, 2.05) is 60.7 Å². The summed E-state index contributed by atoms with van der Waals surface area (Å²) in [6, 6.07) is 26.1. The fraction of sp³-hybridized carbons (Fsp3) is 0.143. The Morgan fingerprint density at radius 2 is 1.06 bits per heavy atom. The van der Waals surface area contributed by atoms with Crippen LogP contribution in [-0.2, 0) is 9.59 Å². The molecule has 4 aromatic rings. The zero-order valence-corrected chi connectivity index (χ0v) is 19.0. The van der Waals surface area contributed by atoms with Crippen LogP contribution in [0, 0.1) is 0 Å². The van der Waals surface area contributed by atoms with Gasteiger partial charge in [0.1, 0.15) is 11.5 Å². The van der Waals surface area contributed by atoms with Crippen LogP contribution in [0.2, 0.25) is 0 Å². The van der Waals surface area contributed by atoms with Gasteiger partial charge in [-0.1, -0.05) is 44.2 Å². The van der Waals surface area contributed by atoms with Gasteiger partial charge in [-0.15, -0.1) is 0 Å². The Balaban J connectivity index is 1.72. The minimum absolute atomic E-state index is 0.281. The molecule has 0 amide bonds. The third-order valence-electron chi connectivity index (χ3n) is 5.10. The molecular formula is C28H24N2O4. The molecule has 0 aliphatic carbocycles. The van der Waals surface area contributed by atoms with E-state index in [-0.39, 0.29) is 11.9 Å².